The molecule has 0 radical (unpaired) electrons. The molecule has 9 heteroatoms. The zero-order valence-corrected chi connectivity index (χ0v) is 18.9. The van der Waals surface area contributed by atoms with Gasteiger partial charge in [-0.1, -0.05) is 30.3 Å². The molecular weight excluding hydrogens is 422 g/mol. The van der Waals surface area contributed by atoms with E-state index in [1.165, 1.54) is 11.9 Å². The number of carbonyl (C=O) groups excluding carboxylic acids is 3. The number of rotatable bonds is 4. The molecule has 1 aliphatic heterocycles. The highest BCUT2D eigenvalue weighted by atomic mass is 16.6. The Morgan fingerprint density at radius 3 is 2.58 bits per heavy atom. The SMILES string of the molecule is CN(CC(=O)Nc1cc2c3c(c(-c4ccccc4)[nH]c3c1)C=NNC2=O)C(=O)OC(C)(C)C. The van der Waals surface area contributed by atoms with E-state index in [4.69, 9.17) is 4.74 Å². The van der Waals surface area contributed by atoms with Crippen molar-refractivity contribution >= 4 is 40.7 Å². The second-order valence-electron chi connectivity index (χ2n) is 8.81. The summed E-state index contributed by atoms with van der Waals surface area (Å²) in [6.07, 6.45) is 1.02. The smallest absolute Gasteiger partial charge is 0.410 e. The highest BCUT2D eigenvalue weighted by Crippen LogP contribution is 2.34. The maximum atomic E-state index is 12.7. The number of benzene rings is 2. The summed E-state index contributed by atoms with van der Waals surface area (Å²) in [4.78, 5) is 41.9. The number of nitrogens with one attached hydrogen (secondary N) is 3. The maximum Gasteiger partial charge on any atom is 0.410 e. The lowest BCUT2D eigenvalue weighted by atomic mass is 10.0. The minimum atomic E-state index is -0.661. The van der Waals surface area contributed by atoms with E-state index < -0.39 is 17.6 Å². The molecule has 3 N–H and O–H groups in total. The van der Waals surface area contributed by atoms with Crippen molar-refractivity contribution in [2.24, 2.45) is 5.10 Å². The zero-order valence-electron chi connectivity index (χ0n) is 18.9. The van der Waals surface area contributed by atoms with E-state index in [0.29, 0.717) is 16.8 Å². The topological polar surface area (TPSA) is 116 Å². The number of hydrogen-bond donors (Lipinski definition) is 3. The molecule has 0 fully saturated rings. The Kier molecular flexibility index (Phi) is 5.63. The van der Waals surface area contributed by atoms with Crippen molar-refractivity contribution in [1.29, 1.82) is 0 Å². The molecule has 1 aromatic heterocycles. The summed E-state index contributed by atoms with van der Waals surface area (Å²) < 4.78 is 5.27. The molecule has 2 aromatic carbocycles. The first-order valence-corrected chi connectivity index (χ1v) is 10.4. The lowest BCUT2D eigenvalue weighted by molar-refractivity contribution is -0.117. The zero-order chi connectivity index (χ0) is 23.8. The van der Waals surface area contributed by atoms with E-state index >= 15 is 0 Å². The lowest BCUT2D eigenvalue weighted by Gasteiger charge is -2.24. The quantitative estimate of drug-likeness (QED) is 0.565. The van der Waals surface area contributed by atoms with Crippen LogP contribution in [0.5, 0.6) is 0 Å². The third-order valence-electron chi connectivity index (χ3n) is 4.97. The van der Waals surface area contributed by atoms with Crippen LogP contribution in [0.25, 0.3) is 22.2 Å². The molecular formula is C24H25N5O4. The largest absolute Gasteiger partial charge is 0.444 e. The number of aromatic nitrogens is 1. The van der Waals surface area contributed by atoms with Gasteiger partial charge in [-0.25, -0.2) is 10.2 Å². The van der Waals surface area contributed by atoms with Gasteiger partial charge in [-0.3, -0.25) is 9.59 Å². The minimum absolute atomic E-state index is 0.206. The fraction of sp³-hybridized carbons (Fsp3) is 0.250. The molecule has 0 saturated heterocycles. The summed E-state index contributed by atoms with van der Waals surface area (Å²) in [5.41, 5.74) is 5.87. The normalized spacial score (nSPS) is 12.8. The van der Waals surface area contributed by atoms with Crippen LogP contribution in [-0.2, 0) is 9.53 Å². The second-order valence-corrected chi connectivity index (χ2v) is 8.81. The summed E-state index contributed by atoms with van der Waals surface area (Å²) >= 11 is 0. The first kappa shape index (κ1) is 22.1. The Balaban J connectivity index is 1.64. The molecule has 0 unspecified atom stereocenters. The summed E-state index contributed by atoms with van der Waals surface area (Å²) in [6.45, 7) is 5.06. The van der Waals surface area contributed by atoms with Crippen molar-refractivity contribution in [3.8, 4) is 11.3 Å². The standard InChI is InChI=1S/C24H25N5O4/c1-24(2,3)33-23(32)29(4)13-19(30)26-15-10-16-20-17(12-25-28-22(16)31)21(27-18(20)11-15)14-8-6-5-7-9-14/h5-12,27H,13H2,1-4H3,(H,26,30)(H,28,31). The Bertz CT molecular complexity index is 1270. The molecule has 4 rings (SSSR count). The summed E-state index contributed by atoms with van der Waals surface area (Å²) in [6, 6.07) is 13.1. The highest BCUT2D eigenvalue weighted by molar-refractivity contribution is 6.18. The average molecular weight is 447 g/mol. The molecule has 2 heterocycles. The predicted octanol–water partition coefficient (Wildman–Crippen LogP) is 3.72. The molecule has 0 bridgehead atoms. The van der Waals surface area contributed by atoms with E-state index in [1.54, 1.807) is 39.1 Å². The number of hydrogen-bond acceptors (Lipinski definition) is 5. The van der Waals surface area contributed by atoms with Gasteiger partial charge in [0, 0.05) is 29.2 Å². The number of likely N-dealkylation sites (N-methyl/N-ethyl adjacent to an activating group) is 1. The molecule has 170 valence electrons. The number of amides is 3. The first-order valence-electron chi connectivity index (χ1n) is 10.4. The lowest BCUT2D eigenvalue weighted by Crippen LogP contribution is -2.38. The monoisotopic (exact) mass is 447 g/mol. The van der Waals surface area contributed by atoms with Crippen molar-refractivity contribution in [3.63, 3.8) is 0 Å². The molecule has 0 aliphatic carbocycles. The van der Waals surface area contributed by atoms with Gasteiger partial charge < -0.3 is 19.9 Å². The van der Waals surface area contributed by atoms with Crippen LogP contribution in [-0.4, -0.2) is 53.2 Å². The van der Waals surface area contributed by atoms with Gasteiger partial charge in [0.25, 0.3) is 5.91 Å². The van der Waals surface area contributed by atoms with Crippen LogP contribution in [0.2, 0.25) is 0 Å². The fourth-order valence-electron chi connectivity index (χ4n) is 3.61. The van der Waals surface area contributed by atoms with Crippen molar-refractivity contribution in [1.82, 2.24) is 15.3 Å². The van der Waals surface area contributed by atoms with Crippen molar-refractivity contribution in [2.45, 2.75) is 26.4 Å². The average Bonchev–Trinajstić information content (AvgIpc) is 3.01. The minimum Gasteiger partial charge on any atom is -0.444 e. The predicted molar refractivity (Wildman–Crippen MR) is 126 cm³/mol. The number of carbonyl (C=O) groups is 3. The van der Waals surface area contributed by atoms with E-state index in [-0.39, 0.29) is 12.5 Å². The molecule has 0 atom stereocenters. The summed E-state index contributed by atoms with van der Waals surface area (Å²) in [7, 11) is 1.49. The highest BCUT2D eigenvalue weighted by Gasteiger charge is 2.24. The molecule has 9 nitrogen and oxygen atoms in total. The van der Waals surface area contributed by atoms with Gasteiger partial charge in [0.2, 0.25) is 5.91 Å². The van der Waals surface area contributed by atoms with Crippen LogP contribution in [0.1, 0.15) is 36.7 Å². The van der Waals surface area contributed by atoms with Gasteiger partial charge >= 0.3 is 6.09 Å². The van der Waals surface area contributed by atoms with Crippen molar-refractivity contribution in [3.05, 3.63) is 53.6 Å². The van der Waals surface area contributed by atoms with Gasteiger partial charge in [-0.15, -0.1) is 0 Å². The van der Waals surface area contributed by atoms with Gasteiger partial charge in [-0.2, -0.15) is 5.10 Å². The van der Waals surface area contributed by atoms with Gasteiger partial charge in [0.15, 0.2) is 0 Å². The van der Waals surface area contributed by atoms with Crippen LogP contribution in [0.15, 0.2) is 47.6 Å². The van der Waals surface area contributed by atoms with Crippen LogP contribution in [0.4, 0.5) is 10.5 Å². The number of anilines is 1. The van der Waals surface area contributed by atoms with Crippen molar-refractivity contribution < 1.29 is 19.1 Å². The molecule has 0 spiro atoms. The Morgan fingerprint density at radius 2 is 1.88 bits per heavy atom. The number of hydrazone groups is 1. The second kappa shape index (κ2) is 8.42. The van der Waals surface area contributed by atoms with E-state index in [9.17, 15) is 14.4 Å². The molecule has 33 heavy (non-hydrogen) atoms. The maximum absolute atomic E-state index is 12.7. The Labute approximate surface area is 190 Å². The third kappa shape index (κ3) is 4.72. The van der Waals surface area contributed by atoms with Crippen molar-refractivity contribution in [2.75, 3.05) is 18.9 Å². The Morgan fingerprint density at radius 1 is 1.15 bits per heavy atom. The van der Waals surface area contributed by atoms with E-state index in [0.717, 1.165) is 22.2 Å². The molecule has 3 aromatic rings. The molecule has 3 amide bonds. The van der Waals surface area contributed by atoms with Crippen LogP contribution in [0.3, 0.4) is 0 Å². The summed E-state index contributed by atoms with van der Waals surface area (Å²) in [5.74, 6) is -0.800. The fourth-order valence-corrected chi connectivity index (χ4v) is 3.61. The van der Waals surface area contributed by atoms with E-state index in [2.05, 4.69) is 20.8 Å². The van der Waals surface area contributed by atoms with E-state index in [1.807, 2.05) is 30.3 Å². The first-order chi connectivity index (χ1) is 15.6. The Hall–Kier alpha value is -4.14. The number of H-pyrrole nitrogens is 1. The van der Waals surface area contributed by atoms with Gasteiger partial charge in [-0.05, 0) is 38.5 Å². The summed E-state index contributed by atoms with van der Waals surface area (Å²) in [5, 5.41) is 7.52. The number of aromatic amines is 1. The third-order valence-corrected chi connectivity index (χ3v) is 4.97. The number of nitrogens with zero attached hydrogens (tertiary/aromatic N) is 2. The molecule has 1 aliphatic rings. The van der Waals surface area contributed by atoms with Crippen LogP contribution in [0, 0.1) is 0 Å². The number of ether oxygens (including phenoxy) is 1. The molecule has 0 saturated carbocycles. The van der Waals surface area contributed by atoms with Crippen LogP contribution >= 0.6 is 0 Å². The van der Waals surface area contributed by atoms with Gasteiger partial charge in [0.1, 0.15) is 12.1 Å². The van der Waals surface area contributed by atoms with Gasteiger partial charge in [0.05, 0.1) is 17.5 Å². The van der Waals surface area contributed by atoms with Crippen LogP contribution < -0.4 is 10.7 Å².